The second-order valence-corrected chi connectivity index (χ2v) is 11.3. The van der Waals surface area contributed by atoms with Crippen LogP contribution in [0.5, 0.6) is 0 Å². The number of carbonyl (C=O) groups excluding carboxylic acids is 2. The highest BCUT2D eigenvalue weighted by molar-refractivity contribution is 7.92. The van der Waals surface area contributed by atoms with Gasteiger partial charge in [0, 0.05) is 10.6 Å². The fourth-order valence-corrected chi connectivity index (χ4v) is 5.64. The second-order valence-electron chi connectivity index (χ2n) is 9.05. The SMILES string of the molecule is CCOC(=O)c1ccc(-c2ccc(/C=N\NC(=O)CN(c3ccc(Cl)cc3C)S(=O)(=O)c3ccc(C)cc3)o2)cc1. The van der Waals surface area contributed by atoms with E-state index in [1.807, 2.05) is 6.92 Å². The summed E-state index contributed by atoms with van der Waals surface area (Å²) in [5, 5.41) is 4.38. The maximum Gasteiger partial charge on any atom is 0.338 e. The molecule has 11 heteroatoms. The summed E-state index contributed by atoms with van der Waals surface area (Å²) in [6.07, 6.45) is 1.31. The number of rotatable bonds is 10. The minimum Gasteiger partial charge on any atom is -0.462 e. The van der Waals surface area contributed by atoms with E-state index in [9.17, 15) is 18.0 Å². The molecule has 0 bridgehead atoms. The molecular weight excluding hydrogens is 566 g/mol. The summed E-state index contributed by atoms with van der Waals surface area (Å²) in [5.41, 5.74) is 5.33. The lowest BCUT2D eigenvalue weighted by Crippen LogP contribution is -2.40. The number of furan rings is 1. The van der Waals surface area contributed by atoms with Crippen LogP contribution in [-0.4, -0.2) is 39.7 Å². The zero-order valence-electron chi connectivity index (χ0n) is 22.6. The van der Waals surface area contributed by atoms with Gasteiger partial charge in [0.05, 0.1) is 29.0 Å². The number of nitrogens with zero attached hydrogens (tertiary/aromatic N) is 2. The van der Waals surface area contributed by atoms with Crippen LogP contribution in [0.1, 0.15) is 34.2 Å². The van der Waals surface area contributed by atoms with Gasteiger partial charge < -0.3 is 9.15 Å². The monoisotopic (exact) mass is 593 g/mol. The predicted octanol–water partition coefficient (Wildman–Crippen LogP) is 5.74. The Balaban J connectivity index is 1.48. The van der Waals surface area contributed by atoms with E-state index in [0.717, 1.165) is 15.4 Å². The molecule has 0 saturated heterocycles. The van der Waals surface area contributed by atoms with Crippen LogP contribution in [0.15, 0.2) is 93.3 Å². The number of nitrogens with one attached hydrogen (secondary N) is 1. The van der Waals surface area contributed by atoms with Crippen molar-refractivity contribution < 1.29 is 27.2 Å². The summed E-state index contributed by atoms with van der Waals surface area (Å²) in [7, 11) is -4.09. The van der Waals surface area contributed by atoms with Crippen molar-refractivity contribution >= 4 is 45.4 Å². The molecule has 1 N–H and O–H groups in total. The van der Waals surface area contributed by atoms with Gasteiger partial charge in [0.25, 0.3) is 15.9 Å². The van der Waals surface area contributed by atoms with Gasteiger partial charge in [0.15, 0.2) is 0 Å². The zero-order chi connectivity index (χ0) is 29.6. The minimum atomic E-state index is -4.09. The maximum absolute atomic E-state index is 13.6. The van der Waals surface area contributed by atoms with Gasteiger partial charge in [-0.3, -0.25) is 9.10 Å². The quantitative estimate of drug-likeness (QED) is 0.142. The van der Waals surface area contributed by atoms with Crippen molar-refractivity contribution in [1.29, 1.82) is 0 Å². The molecule has 0 aliphatic rings. The number of hydrogen-bond donors (Lipinski definition) is 1. The van der Waals surface area contributed by atoms with Crippen LogP contribution in [0.2, 0.25) is 5.02 Å². The molecule has 0 radical (unpaired) electrons. The first-order valence-electron chi connectivity index (χ1n) is 12.6. The van der Waals surface area contributed by atoms with Crippen molar-refractivity contribution in [3.8, 4) is 11.3 Å². The maximum atomic E-state index is 13.6. The summed E-state index contributed by atoms with van der Waals surface area (Å²) in [5.74, 6) is -0.180. The summed E-state index contributed by atoms with van der Waals surface area (Å²) in [4.78, 5) is 24.8. The van der Waals surface area contributed by atoms with E-state index in [-0.39, 0.29) is 4.90 Å². The Bertz CT molecular complexity index is 1680. The molecule has 1 heterocycles. The standard InChI is InChI=1S/C30H28ClN3O6S/c1-4-39-30(36)23-9-7-22(8-10-23)28-16-12-25(40-28)18-32-33-29(35)19-34(27-15-11-24(31)17-21(27)3)41(37,38)26-13-5-20(2)6-14-26/h5-18H,4,19H2,1-3H3,(H,33,35)/b32-18-. The highest BCUT2D eigenvalue weighted by Gasteiger charge is 2.28. The highest BCUT2D eigenvalue weighted by Crippen LogP contribution is 2.29. The Hall–Kier alpha value is -4.41. The molecule has 0 saturated carbocycles. The molecular formula is C30H28ClN3O6S. The van der Waals surface area contributed by atoms with Gasteiger partial charge in [-0.2, -0.15) is 5.10 Å². The largest absolute Gasteiger partial charge is 0.462 e. The average Bonchev–Trinajstić information content (AvgIpc) is 3.41. The summed E-state index contributed by atoms with van der Waals surface area (Å²) >= 11 is 6.08. The van der Waals surface area contributed by atoms with Crippen LogP contribution in [0.4, 0.5) is 5.69 Å². The molecule has 9 nitrogen and oxygen atoms in total. The Labute approximate surface area is 243 Å². The number of anilines is 1. The first kappa shape index (κ1) is 29.6. The van der Waals surface area contributed by atoms with Crippen molar-refractivity contribution in [2.45, 2.75) is 25.7 Å². The van der Waals surface area contributed by atoms with Gasteiger partial charge in [-0.25, -0.2) is 18.6 Å². The van der Waals surface area contributed by atoms with E-state index in [2.05, 4.69) is 10.5 Å². The second kappa shape index (κ2) is 12.8. The molecule has 0 fully saturated rings. The van der Waals surface area contributed by atoms with Crippen molar-refractivity contribution in [3.63, 3.8) is 0 Å². The summed E-state index contributed by atoms with van der Waals surface area (Å²) in [6, 6.07) is 21.3. The lowest BCUT2D eigenvalue weighted by Gasteiger charge is -2.25. The van der Waals surface area contributed by atoms with Gasteiger partial charge in [-0.15, -0.1) is 0 Å². The lowest BCUT2D eigenvalue weighted by molar-refractivity contribution is -0.119. The van der Waals surface area contributed by atoms with Gasteiger partial charge in [-0.05, 0) is 80.9 Å². The summed E-state index contributed by atoms with van der Waals surface area (Å²) in [6.45, 7) is 5.08. The topological polar surface area (TPSA) is 118 Å². The molecule has 41 heavy (non-hydrogen) atoms. The molecule has 3 aromatic carbocycles. The molecule has 0 spiro atoms. The van der Waals surface area contributed by atoms with Crippen LogP contribution >= 0.6 is 11.6 Å². The normalized spacial score (nSPS) is 11.4. The fourth-order valence-electron chi connectivity index (χ4n) is 3.93. The third kappa shape index (κ3) is 7.22. The number of ether oxygens (including phenoxy) is 1. The molecule has 0 aliphatic heterocycles. The first-order valence-corrected chi connectivity index (χ1v) is 14.4. The lowest BCUT2D eigenvalue weighted by atomic mass is 10.1. The van der Waals surface area contributed by atoms with E-state index in [1.165, 1.54) is 18.3 Å². The Kier molecular flexibility index (Phi) is 9.26. The molecule has 212 valence electrons. The van der Waals surface area contributed by atoms with E-state index < -0.39 is 28.4 Å². The predicted molar refractivity (Wildman–Crippen MR) is 158 cm³/mol. The number of aryl methyl sites for hydroxylation is 2. The summed E-state index contributed by atoms with van der Waals surface area (Å²) < 4.78 is 38.9. The number of benzene rings is 3. The number of halogens is 1. The van der Waals surface area contributed by atoms with Crippen LogP contribution in [-0.2, 0) is 19.6 Å². The average molecular weight is 594 g/mol. The number of esters is 1. The molecule has 4 aromatic rings. The Morgan fingerprint density at radius 3 is 2.37 bits per heavy atom. The zero-order valence-corrected chi connectivity index (χ0v) is 24.2. The third-order valence-electron chi connectivity index (χ3n) is 6.01. The number of carbonyl (C=O) groups is 2. The fraction of sp³-hybridized carbons (Fsp3) is 0.167. The van der Waals surface area contributed by atoms with Crippen LogP contribution < -0.4 is 9.73 Å². The van der Waals surface area contributed by atoms with E-state index in [4.69, 9.17) is 20.8 Å². The van der Waals surface area contributed by atoms with Crippen molar-refractivity contribution in [1.82, 2.24) is 5.43 Å². The van der Waals surface area contributed by atoms with Gasteiger partial charge in [0.1, 0.15) is 18.1 Å². The van der Waals surface area contributed by atoms with Gasteiger partial charge in [0.2, 0.25) is 0 Å². The van der Waals surface area contributed by atoms with E-state index >= 15 is 0 Å². The molecule has 1 aromatic heterocycles. The molecule has 0 unspecified atom stereocenters. The van der Waals surface area contributed by atoms with Crippen LogP contribution in [0.25, 0.3) is 11.3 Å². The van der Waals surface area contributed by atoms with Crippen LogP contribution in [0, 0.1) is 13.8 Å². The molecule has 4 rings (SSSR count). The smallest absolute Gasteiger partial charge is 0.338 e. The van der Waals surface area contributed by atoms with E-state index in [0.29, 0.717) is 40.0 Å². The van der Waals surface area contributed by atoms with Crippen molar-refractivity contribution in [2.75, 3.05) is 17.5 Å². The van der Waals surface area contributed by atoms with Crippen LogP contribution in [0.3, 0.4) is 0 Å². The molecule has 1 amide bonds. The van der Waals surface area contributed by atoms with Gasteiger partial charge in [-0.1, -0.05) is 41.4 Å². The number of amides is 1. The number of sulfonamides is 1. The van der Waals surface area contributed by atoms with Gasteiger partial charge >= 0.3 is 5.97 Å². The molecule has 0 atom stereocenters. The number of hydrazone groups is 1. The third-order valence-corrected chi connectivity index (χ3v) is 8.02. The first-order chi connectivity index (χ1) is 19.6. The molecule has 0 aliphatic carbocycles. The Morgan fingerprint density at radius 1 is 1.00 bits per heavy atom. The Morgan fingerprint density at radius 2 is 1.71 bits per heavy atom. The number of hydrogen-bond acceptors (Lipinski definition) is 7. The minimum absolute atomic E-state index is 0.0483. The van der Waals surface area contributed by atoms with Crippen molar-refractivity contribution in [3.05, 3.63) is 106 Å². The van der Waals surface area contributed by atoms with E-state index in [1.54, 1.807) is 80.6 Å². The highest BCUT2D eigenvalue weighted by atomic mass is 35.5. The van der Waals surface area contributed by atoms with Crippen molar-refractivity contribution in [2.24, 2.45) is 5.10 Å².